The number of ether oxygens (including phenoxy) is 1. The summed E-state index contributed by atoms with van der Waals surface area (Å²) in [5.74, 6) is -2.09. The Kier molecular flexibility index (Phi) is 7.20. The first-order valence-corrected chi connectivity index (χ1v) is 7.16. The first-order chi connectivity index (χ1) is 9.60. The summed E-state index contributed by atoms with van der Waals surface area (Å²) in [6.07, 6.45) is 6.35. The molecule has 20 heavy (non-hydrogen) atoms. The second-order valence-corrected chi connectivity index (χ2v) is 4.91. The van der Waals surface area contributed by atoms with Crippen molar-refractivity contribution in [3.8, 4) is 5.75 Å². The third-order valence-electron chi connectivity index (χ3n) is 3.29. The molecule has 0 fully saturated rings. The van der Waals surface area contributed by atoms with Crippen LogP contribution in [0.5, 0.6) is 5.75 Å². The van der Waals surface area contributed by atoms with Crippen molar-refractivity contribution in [2.45, 2.75) is 51.9 Å². The van der Waals surface area contributed by atoms with Gasteiger partial charge in [0.25, 0.3) is 0 Å². The molecule has 1 aromatic rings. The van der Waals surface area contributed by atoms with Gasteiger partial charge in [0.05, 0.1) is 12.7 Å². The van der Waals surface area contributed by atoms with E-state index in [0.717, 1.165) is 31.4 Å². The fourth-order valence-electron chi connectivity index (χ4n) is 2.12. The third-order valence-corrected chi connectivity index (χ3v) is 3.29. The lowest BCUT2D eigenvalue weighted by Crippen LogP contribution is -2.06. The van der Waals surface area contributed by atoms with E-state index in [9.17, 15) is 13.6 Å². The summed E-state index contributed by atoms with van der Waals surface area (Å²) in [6, 6.07) is 2.08. The molecular formula is C16H22F2O2. The van der Waals surface area contributed by atoms with Gasteiger partial charge in [0, 0.05) is 18.6 Å². The summed E-state index contributed by atoms with van der Waals surface area (Å²) in [5.41, 5.74) is -0.445. The van der Waals surface area contributed by atoms with Crippen LogP contribution in [0.25, 0.3) is 0 Å². The van der Waals surface area contributed by atoms with Crippen LogP contribution >= 0.6 is 0 Å². The minimum atomic E-state index is -0.849. The largest absolute Gasteiger partial charge is 0.497 e. The fraction of sp³-hybridized carbons (Fsp3) is 0.562. The Labute approximate surface area is 119 Å². The number of methoxy groups -OCH3 is 1. The van der Waals surface area contributed by atoms with Gasteiger partial charge in [-0.3, -0.25) is 4.79 Å². The lowest BCUT2D eigenvalue weighted by Gasteiger charge is -2.07. The van der Waals surface area contributed by atoms with Gasteiger partial charge in [-0.1, -0.05) is 39.0 Å². The smallest absolute Gasteiger partial charge is 0.168 e. The van der Waals surface area contributed by atoms with Gasteiger partial charge in [0.15, 0.2) is 5.78 Å². The molecule has 0 aromatic heterocycles. The lowest BCUT2D eigenvalue weighted by molar-refractivity contribution is 0.0971. The molecule has 0 radical (unpaired) electrons. The number of halogens is 2. The Hall–Kier alpha value is -1.45. The van der Waals surface area contributed by atoms with Crippen LogP contribution in [0.2, 0.25) is 0 Å². The minimum absolute atomic E-state index is 0.0797. The average molecular weight is 284 g/mol. The maximum absolute atomic E-state index is 13.7. The normalized spacial score (nSPS) is 10.6. The van der Waals surface area contributed by atoms with Gasteiger partial charge < -0.3 is 4.74 Å². The van der Waals surface area contributed by atoms with Crippen LogP contribution in [0.1, 0.15) is 62.2 Å². The zero-order valence-corrected chi connectivity index (χ0v) is 12.2. The van der Waals surface area contributed by atoms with Gasteiger partial charge in [-0.05, 0) is 6.42 Å². The Balaban J connectivity index is 2.51. The number of benzene rings is 1. The standard InChI is InChI=1S/C16H22F2O2/c1-3-4-5-6-7-8-9-15(19)16-13(17)10-12(20-2)11-14(16)18/h10-11H,3-9H2,1-2H3. The van der Waals surface area contributed by atoms with Crippen LogP contribution in [-0.2, 0) is 0 Å². The van der Waals surface area contributed by atoms with Gasteiger partial charge >= 0.3 is 0 Å². The number of unbranched alkanes of at least 4 members (excludes halogenated alkanes) is 5. The van der Waals surface area contributed by atoms with Gasteiger partial charge in [-0.25, -0.2) is 8.78 Å². The van der Waals surface area contributed by atoms with Gasteiger partial charge in [-0.15, -0.1) is 0 Å². The number of rotatable bonds is 9. The number of hydrogen-bond donors (Lipinski definition) is 0. The highest BCUT2D eigenvalue weighted by Gasteiger charge is 2.18. The van der Waals surface area contributed by atoms with Crippen LogP contribution in [0.15, 0.2) is 12.1 Å². The molecule has 1 rings (SSSR count). The Morgan fingerprint density at radius 2 is 1.60 bits per heavy atom. The van der Waals surface area contributed by atoms with Crippen molar-refractivity contribution in [2.75, 3.05) is 7.11 Å². The first kappa shape index (κ1) is 16.6. The van der Waals surface area contributed by atoms with Crippen LogP contribution < -0.4 is 4.74 Å². The Morgan fingerprint density at radius 1 is 1.05 bits per heavy atom. The number of hydrogen-bond acceptors (Lipinski definition) is 2. The molecule has 0 N–H and O–H groups in total. The molecule has 1 aromatic carbocycles. The molecular weight excluding hydrogens is 262 g/mol. The van der Waals surface area contributed by atoms with E-state index in [4.69, 9.17) is 4.74 Å². The van der Waals surface area contributed by atoms with Crippen molar-refractivity contribution in [3.05, 3.63) is 29.3 Å². The first-order valence-electron chi connectivity index (χ1n) is 7.16. The maximum Gasteiger partial charge on any atom is 0.168 e. The molecule has 0 bridgehead atoms. The van der Waals surface area contributed by atoms with Crippen molar-refractivity contribution in [1.82, 2.24) is 0 Å². The molecule has 0 saturated carbocycles. The molecule has 0 heterocycles. The molecule has 0 aliphatic carbocycles. The van der Waals surface area contributed by atoms with Crippen molar-refractivity contribution in [2.24, 2.45) is 0 Å². The summed E-state index contributed by atoms with van der Waals surface area (Å²) in [7, 11) is 1.33. The van der Waals surface area contributed by atoms with Crippen LogP contribution in [0.3, 0.4) is 0 Å². The molecule has 0 spiro atoms. The highest BCUT2D eigenvalue weighted by Crippen LogP contribution is 2.22. The molecule has 0 amide bonds. The predicted octanol–water partition coefficient (Wildman–Crippen LogP) is 4.91. The topological polar surface area (TPSA) is 26.3 Å². The maximum atomic E-state index is 13.7. The van der Waals surface area contributed by atoms with Crippen molar-refractivity contribution < 1.29 is 18.3 Å². The molecule has 0 saturated heterocycles. The lowest BCUT2D eigenvalue weighted by atomic mass is 10.0. The van der Waals surface area contributed by atoms with Crippen molar-refractivity contribution in [1.29, 1.82) is 0 Å². The van der Waals surface area contributed by atoms with Gasteiger partial charge in [0.1, 0.15) is 17.4 Å². The summed E-state index contributed by atoms with van der Waals surface area (Å²) in [5, 5.41) is 0. The zero-order valence-electron chi connectivity index (χ0n) is 12.2. The highest BCUT2D eigenvalue weighted by atomic mass is 19.1. The van der Waals surface area contributed by atoms with Crippen molar-refractivity contribution in [3.63, 3.8) is 0 Å². The number of Topliss-reactive ketones (excluding diaryl/α,β-unsaturated/α-hetero) is 1. The van der Waals surface area contributed by atoms with E-state index in [1.165, 1.54) is 20.0 Å². The van der Waals surface area contributed by atoms with Gasteiger partial charge in [0.2, 0.25) is 0 Å². The van der Waals surface area contributed by atoms with E-state index in [1.807, 2.05) is 0 Å². The molecule has 0 atom stereocenters. The van der Waals surface area contributed by atoms with Crippen LogP contribution in [-0.4, -0.2) is 12.9 Å². The van der Waals surface area contributed by atoms with E-state index in [-0.39, 0.29) is 12.2 Å². The summed E-state index contributed by atoms with van der Waals surface area (Å²) in [6.45, 7) is 2.14. The second-order valence-electron chi connectivity index (χ2n) is 4.91. The Bertz CT molecular complexity index is 421. The molecule has 2 nitrogen and oxygen atoms in total. The van der Waals surface area contributed by atoms with E-state index < -0.39 is 23.0 Å². The summed E-state index contributed by atoms with van der Waals surface area (Å²) in [4.78, 5) is 11.9. The van der Waals surface area contributed by atoms with E-state index >= 15 is 0 Å². The van der Waals surface area contributed by atoms with Gasteiger partial charge in [-0.2, -0.15) is 0 Å². The summed E-state index contributed by atoms with van der Waals surface area (Å²) >= 11 is 0. The molecule has 112 valence electrons. The minimum Gasteiger partial charge on any atom is -0.497 e. The monoisotopic (exact) mass is 284 g/mol. The SMILES string of the molecule is CCCCCCCCC(=O)c1c(F)cc(OC)cc1F. The molecule has 4 heteroatoms. The fourth-order valence-corrected chi connectivity index (χ4v) is 2.12. The number of carbonyl (C=O) groups excluding carboxylic acids is 1. The predicted molar refractivity (Wildman–Crippen MR) is 75.2 cm³/mol. The third kappa shape index (κ3) is 4.91. The molecule has 0 aliphatic rings. The Morgan fingerprint density at radius 3 is 2.15 bits per heavy atom. The number of ketones is 1. The summed E-state index contributed by atoms with van der Waals surface area (Å²) < 4.78 is 32.1. The molecule has 0 aliphatic heterocycles. The van der Waals surface area contributed by atoms with E-state index in [1.54, 1.807) is 0 Å². The number of carbonyl (C=O) groups is 1. The molecule has 0 unspecified atom stereocenters. The van der Waals surface area contributed by atoms with Crippen LogP contribution in [0.4, 0.5) is 8.78 Å². The van der Waals surface area contributed by atoms with Crippen LogP contribution in [0, 0.1) is 11.6 Å². The van der Waals surface area contributed by atoms with E-state index in [2.05, 4.69) is 6.92 Å². The zero-order chi connectivity index (χ0) is 15.0. The average Bonchev–Trinajstić information content (AvgIpc) is 2.41. The second kappa shape index (κ2) is 8.67. The van der Waals surface area contributed by atoms with Crippen molar-refractivity contribution >= 4 is 5.78 Å². The quantitative estimate of drug-likeness (QED) is 0.476. The van der Waals surface area contributed by atoms with E-state index in [0.29, 0.717) is 6.42 Å². The highest BCUT2D eigenvalue weighted by molar-refractivity contribution is 5.96.